The quantitative estimate of drug-likeness (QED) is 0.0281. The second-order valence-electron chi connectivity index (χ2n) is 15.3. The number of anilines is 3. The van der Waals surface area contributed by atoms with Crippen molar-refractivity contribution in [2.75, 3.05) is 30.1 Å². The average Bonchev–Trinajstić information content (AvgIpc) is 3.27. The number of ether oxygens (including phenoxy) is 2. The van der Waals surface area contributed by atoms with E-state index in [0.29, 0.717) is 61.5 Å². The van der Waals surface area contributed by atoms with Gasteiger partial charge in [0.15, 0.2) is 5.75 Å². The molecule has 0 aromatic heterocycles. The molecule has 19 nitrogen and oxygen atoms in total. The Morgan fingerprint density at radius 2 is 1.26 bits per heavy atom. The molecule has 0 aliphatic heterocycles. The van der Waals surface area contributed by atoms with E-state index in [9.17, 15) is 44.3 Å². The van der Waals surface area contributed by atoms with Gasteiger partial charge >= 0.3 is 0 Å². The van der Waals surface area contributed by atoms with E-state index in [2.05, 4.69) is 31.1 Å². The van der Waals surface area contributed by atoms with Crippen LogP contribution in [0.3, 0.4) is 0 Å². The smallest absolute Gasteiger partial charge is 0.296 e. The lowest BCUT2D eigenvalue weighted by molar-refractivity contribution is 0.102. The summed E-state index contributed by atoms with van der Waals surface area (Å²) in [6.45, 7) is 3.48. The summed E-state index contributed by atoms with van der Waals surface area (Å²) in [4.78, 5) is 12.2. The Labute approximate surface area is 390 Å². The molecule has 7 aromatic rings. The fraction of sp³-hybridized carbons (Fsp3) is 0.152. The van der Waals surface area contributed by atoms with Crippen LogP contribution in [0.25, 0.3) is 21.5 Å². The number of amides is 1. The molecule has 0 spiro atoms. The second kappa shape index (κ2) is 19.9. The zero-order valence-corrected chi connectivity index (χ0v) is 38.7. The van der Waals surface area contributed by atoms with Crippen molar-refractivity contribution < 1.29 is 58.3 Å². The van der Waals surface area contributed by atoms with Crippen LogP contribution >= 0.6 is 0 Å². The van der Waals surface area contributed by atoms with Gasteiger partial charge < -0.3 is 25.2 Å². The number of phenolic OH excluding ortho intramolecular Hbond substituents is 1. The highest BCUT2D eigenvalue weighted by molar-refractivity contribution is 7.86. The van der Waals surface area contributed by atoms with Crippen LogP contribution in [-0.2, 0) is 30.4 Å². The third kappa shape index (κ3) is 12.0. The number of fused-ring (bicyclic) bond motifs is 2. The number of hydrogen-bond donors (Lipinski definition) is 6. The third-order valence-electron chi connectivity index (χ3n) is 10.3. The Morgan fingerprint density at radius 3 is 1.91 bits per heavy atom. The molecule has 22 heteroatoms. The number of phenols is 1. The lowest BCUT2D eigenvalue weighted by Gasteiger charge is -2.13. The molecular formula is C46H42N6O13S3. The first-order chi connectivity index (χ1) is 32.1. The maximum atomic E-state index is 13.3. The highest BCUT2D eigenvalue weighted by Crippen LogP contribution is 2.43. The van der Waals surface area contributed by atoms with E-state index in [1.807, 2.05) is 0 Å². The van der Waals surface area contributed by atoms with E-state index in [1.54, 1.807) is 93.8 Å². The predicted molar refractivity (Wildman–Crippen MR) is 255 cm³/mol. The number of unbranched alkanes of at least 4 members (excludes halogenated alkanes) is 1. The minimum Gasteiger partial charge on any atom is -0.505 e. The van der Waals surface area contributed by atoms with E-state index >= 15 is 0 Å². The van der Waals surface area contributed by atoms with Gasteiger partial charge in [-0.05, 0) is 152 Å². The van der Waals surface area contributed by atoms with Gasteiger partial charge in [-0.15, -0.1) is 5.11 Å². The lowest BCUT2D eigenvalue weighted by atomic mass is 10.1. The Morgan fingerprint density at radius 1 is 0.618 bits per heavy atom. The molecule has 0 aliphatic carbocycles. The SMILES string of the molecule is COc1ccc(Nc2ccc3c(O)c(N=Nc4cc(C)c(N=Nc5ccc(C(=O)Nc6ccc7cc(S(=O)(=O)O)cc(OCCCCS(=O)(=O)O)c7c6)cc5)c(C)c4)c(S(=O)(=O)O)cc3c2)cc1. The van der Waals surface area contributed by atoms with Crippen LogP contribution in [0.15, 0.2) is 146 Å². The van der Waals surface area contributed by atoms with E-state index in [-0.39, 0.29) is 36.1 Å². The molecule has 0 radical (unpaired) electrons. The van der Waals surface area contributed by atoms with Crippen LogP contribution in [0, 0.1) is 13.8 Å². The summed E-state index contributed by atoms with van der Waals surface area (Å²) in [6, 6.07) is 29.7. The standard InChI is InChI=1S/C46H42N6O13S3/c1-27-20-36(50-52-44-42(68(61,62)63)24-31-22-34(14-17-39(31)45(44)53)47-32-12-15-37(64-3)16-13-32)21-28(2)43(27)51-49-33-9-6-29(7-10-33)46(54)48-35-11-8-30-23-38(67(58,59)60)26-41(40(30)25-35)65-18-4-5-19-66(55,56)57/h6-17,20-26,47,53H,4-5,18-19H2,1-3H3,(H,48,54)(H,55,56,57)(H,58,59,60)(H,61,62,63). The van der Waals surface area contributed by atoms with Crippen LogP contribution in [0.2, 0.25) is 0 Å². The summed E-state index contributed by atoms with van der Waals surface area (Å²) < 4.78 is 111. The monoisotopic (exact) mass is 982 g/mol. The van der Waals surface area contributed by atoms with Crippen molar-refractivity contribution in [1.29, 1.82) is 0 Å². The van der Waals surface area contributed by atoms with Gasteiger partial charge in [0.1, 0.15) is 22.1 Å². The summed E-state index contributed by atoms with van der Waals surface area (Å²) in [7, 11) is -12.1. The van der Waals surface area contributed by atoms with E-state index in [4.69, 9.17) is 14.0 Å². The molecule has 6 N–H and O–H groups in total. The van der Waals surface area contributed by atoms with Crippen molar-refractivity contribution in [2.45, 2.75) is 36.5 Å². The lowest BCUT2D eigenvalue weighted by Crippen LogP contribution is -2.11. The summed E-state index contributed by atoms with van der Waals surface area (Å²) in [5, 5.41) is 35.5. The average molecular weight is 983 g/mol. The molecule has 1 amide bonds. The molecule has 0 saturated carbocycles. The van der Waals surface area contributed by atoms with Gasteiger partial charge in [-0.2, -0.15) is 40.6 Å². The predicted octanol–water partition coefficient (Wildman–Crippen LogP) is 10.7. The number of rotatable bonds is 17. The van der Waals surface area contributed by atoms with Gasteiger partial charge in [0.05, 0.1) is 41.4 Å². The van der Waals surface area contributed by atoms with Gasteiger partial charge in [-0.25, -0.2) is 0 Å². The molecule has 0 atom stereocenters. The summed E-state index contributed by atoms with van der Waals surface area (Å²) in [6.07, 6.45) is 0.291. The fourth-order valence-electron chi connectivity index (χ4n) is 7.02. The maximum absolute atomic E-state index is 13.3. The van der Waals surface area contributed by atoms with Crippen molar-refractivity contribution in [1.82, 2.24) is 0 Å². The first-order valence-corrected chi connectivity index (χ1v) is 24.8. The van der Waals surface area contributed by atoms with Gasteiger partial charge in [0.25, 0.3) is 36.3 Å². The Hall–Kier alpha value is -7.34. The number of carbonyl (C=O) groups excluding carboxylic acids is 1. The van der Waals surface area contributed by atoms with Crippen molar-refractivity contribution in [3.63, 3.8) is 0 Å². The summed E-state index contributed by atoms with van der Waals surface area (Å²) in [5.41, 5.74) is 3.92. The number of aromatic hydroxyl groups is 1. The van der Waals surface area contributed by atoms with Crippen LogP contribution in [0.4, 0.5) is 39.8 Å². The van der Waals surface area contributed by atoms with Crippen LogP contribution in [0.5, 0.6) is 17.2 Å². The number of aryl methyl sites for hydroxylation is 2. The molecule has 0 saturated heterocycles. The van der Waals surface area contributed by atoms with Crippen molar-refractivity contribution in [2.24, 2.45) is 20.5 Å². The number of hydrogen-bond acceptors (Lipinski definition) is 15. The minimum absolute atomic E-state index is 0.0359. The first kappa shape index (κ1) is 48.6. The fourth-order valence-corrected chi connectivity index (χ4v) is 8.78. The van der Waals surface area contributed by atoms with Crippen LogP contribution in [-0.4, -0.2) is 69.4 Å². The zero-order chi connectivity index (χ0) is 49.0. The molecular weight excluding hydrogens is 941 g/mol. The summed E-state index contributed by atoms with van der Waals surface area (Å²) in [5.74, 6) is -0.739. The van der Waals surface area contributed by atoms with Gasteiger partial charge in [0, 0.05) is 39.5 Å². The summed E-state index contributed by atoms with van der Waals surface area (Å²) >= 11 is 0. The highest BCUT2D eigenvalue weighted by atomic mass is 32.2. The molecule has 0 aliphatic rings. The highest BCUT2D eigenvalue weighted by Gasteiger charge is 2.23. The van der Waals surface area contributed by atoms with Crippen LogP contribution < -0.4 is 20.1 Å². The topological polar surface area (TPSA) is 292 Å². The van der Waals surface area contributed by atoms with Gasteiger partial charge in [-0.3, -0.25) is 18.5 Å². The second-order valence-corrected chi connectivity index (χ2v) is 19.7. The van der Waals surface area contributed by atoms with E-state index in [1.165, 1.54) is 36.4 Å². The zero-order valence-electron chi connectivity index (χ0n) is 36.3. The van der Waals surface area contributed by atoms with Gasteiger partial charge in [-0.1, -0.05) is 6.07 Å². The number of methoxy groups -OCH3 is 1. The number of azo groups is 2. The number of benzene rings is 7. The molecule has 0 fully saturated rings. The van der Waals surface area contributed by atoms with Crippen LogP contribution in [0.1, 0.15) is 34.3 Å². The number of nitrogens with zero attached hydrogens (tertiary/aromatic N) is 4. The van der Waals surface area contributed by atoms with E-state index in [0.717, 1.165) is 11.8 Å². The minimum atomic E-state index is -4.87. The van der Waals surface area contributed by atoms with Crippen molar-refractivity contribution in [3.05, 3.63) is 132 Å². The number of carbonyl (C=O) groups is 1. The Balaban J connectivity index is 1.04. The molecule has 0 unspecified atom stereocenters. The Kier molecular flexibility index (Phi) is 14.2. The normalized spacial score (nSPS) is 12.3. The third-order valence-corrected chi connectivity index (χ3v) is 12.8. The molecule has 0 heterocycles. The maximum Gasteiger partial charge on any atom is 0.296 e. The van der Waals surface area contributed by atoms with Crippen molar-refractivity contribution in [3.8, 4) is 17.2 Å². The molecule has 352 valence electrons. The molecule has 0 bridgehead atoms. The van der Waals surface area contributed by atoms with E-state index < -0.39 is 63.2 Å². The van der Waals surface area contributed by atoms with Crippen molar-refractivity contribution >= 4 is 97.6 Å². The Bertz CT molecular complexity index is 3470. The van der Waals surface area contributed by atoms with Gasteiger partial charge in [0.2, 0.25) is 0 Å². The molecule has 7 rings (SSSR count). The first-order valence-electron chi connectivity index (χ1n) is 20.3. The molecule has 7 aromatic carbocycles. The largest absolute Gasteiger partial charge is 0.505 e. The molecule has 68 heavy (non-hydrogen) atoms. The number of nitrogens with one attached hydrogen (secondary N) is 2.